The number of benzene rings is 2. The molecule has 2 N–H and O–H groups in total. The summed E-state index contributed by atoms with van der Waals surface area (Å²) < 4.78 is 39.5. The fourth-order valence-corrected chi connectivity index (χ4v) is 3.46. The largest absolute Gasteiger partial charge is 0.418 e. The molecule has 1 saturated heterocycles. The zero-order valence-corrected chi connectivity index (χ0v) is 17.3. The van der Waals surface area contributed by atoms with Crippen molar-refractivity contribution in [2.24, 2.45) is 0 Å². The van der Waals surface area contributed by atoms with Gasteiger partial charge in [0.2, 0.25) is 11.8 Å². The minimum atomic E-state index is -4.63. The van der Waals surface area contributed by atoms with E-state index in [9.17, 15) is 22.8 Å². The van der Waals surface area contributed by atoms with E-state index in [1.807, 2.05) is 28.0 Å². The molecular weight excluding hydrogens is 433 g/mol. The minimum absolute atomic E-state index is 0.0377. The molecule has 0 bridgehead atoms. The number of rotatable bonds is 6. The summed E-state index contributed by atoms with van der Waals surface area (Å²) in [4.78, 5) is 28.2. The number of para-hydroxylation sites is 1. The third-order valence-corrected chi connectivity index (χ3v) is 5.05. The molecule has 0 aliphatic carbocycles. The van der Waals surface area contributed by atoms with Crippen LogP contribution in [0.3, 0.4) is 0 Å². The number of piperazine rings is 1. The molecule has 1 aliphatic heterocycles. The van der Waals surface area contributed by atoms with Crippen LogP contribution in [0.1, 0.15) is 5.56 Å². The van der Waals surface area contributed by atoms with Gasteiger partial charge in [0.15, 0.2) is 0 Å². The smallest absolute Gasteiger partial charge is 0.325 e. The first-order chi connectivity index (χ1) is 14.7. The second kappa shape index (κ2) is 10.1. The van der Waals surface area contributed by atoms with Crippen molar-refractivity contribution in [2.75, 3.05) is 49.9 Å². The Morgan fingerprint density at radius 2 is 1.42 bits per heavy atom. The van der Waals surface area contributed by atoms with Crippen LogP contribution in [0.15, 0.2) is 48.5 Å². The number of halogens is 4. The lowest BCUT2D eigenvalue weighted by molar-refractivity contribution is -0.137. The summed E-state index contributed by atoms with van der Waals surface area (Å²) in [6.45, 7) is 2.39. The van der Waals surface area contributed by atoms with Crippen molar-refractivity contribution in [3.63, 3.8) is 0 Å². The molecule has 0 unspecified atom stereocenters. The fraction of sp³-hybridized carbons (Fsp3) is 0.333. The van der Waals surface area contributed by atoms with Gasteiger partial charge in [0.25, 0.3) is 0 Å². The highest BCUT2D eigenvalue weighted by molar-refractivity contribution is 6.30. The minimum Gasteiger partial charge on any atom is -0.325 e. The Labute approximate surface area is 183 Å². The van der Waals surface area contributed by atoms with Crippen molar-refractivity contribution in [3.05, 3.63) is 59.1 Å². The van der Waals surface area contributed by atoms with Crippen molar-refractivity contribution in [1.29, 1.82) is 0 Å². The molecule has 0 radical (unpaired) electrons. The molecule has 6 nitrogen and oxygen atoms in total. The van der Waals surface area contributed by atoms with Crippen LogP contribution in [0.5, 0.6) is 0 Å². The maximum absolute atomic E-state index is 13.2. The Morgan fingerprint density at radius 3 is 1.97 bits per heavy atom. The summed E-state index contributed by atoms with van der Waals surface area (Å²) in [5, 5.41) is 5.09. The van der Waals surface area contributed by atoms with Crippen LogP contribution in [0.25, 0.3) is 0 Å². The topological polar surface area (TPSA) is 64.7 Å². The van der Waals surface area contributed by atoms with Crippen molar-refractivity contribution in [1.82, 2.24) is 9.80 Å². The molecule has 1 fully saturated rings. The van der Waals surface area contributed by atoms with Crippen LogP contribution >= 0.6 is 11.6 Å². The molecule has 0 atom stereocenters. The monoisotopic (exact) mass is 454 g/mol. The average molecular weight is 455 g/mol. The van der Waals surface area contributed by atoms with Gasteiger partial charge in [-0.2, -0.15) is 13.2 Å². The summed E-state index contributed by atoms with van der Waals surface area (Å²) in [6, 6.07) is 12.4. The molecule has 1 aliphatic rings. The van der Waals surface area contributed by atoms with Crippen molar-refractivity contribution in [2.45, 2.75) is 6.18 Å². The first-order valence-electron chi connectivity index (χ1n) is 9.67. The van der Waals surface area contributed by atoms with Gasteiger partial charge in [-0.3, -0.25) is 19.4 Å². The number of alkyl halides is 3. The first kappa shape index (κ1) is 23.1. The number of hydrogen-bond acceptors (Lipinski definition) is 4. The van der Waals surface area contributed by atoms with E-state index >= 15 is 0 Å². The molecule has 3 rings (SSSR count). The SMILES string of the molecule is O=C(CN1CCN(CC(=O)Nc2ccc(Cl)cc2C(F)(F)F)CC1)Nc1ccccc1. The van der Waals surface area contributed by atoms with Gasteiger partial charge < -0.3 is 10.6 Å². The lowest BCUT2D eigenvalue weighted by Gasteiger charge is -2.33. The standard InChI is InChI=1S/C21H22ClF3N4O2/c22-15-6-7-18(17(12-15)21(23,24)25)27-20(31)14-29-10-8-28(9-11-29)13-19(30)26-16-4-2-1-3-5-16/h1-7,12H,8-11,13-14H2,(H,26,30)(H,27,31). The van der Waals surface area contributed by atoms with Gasteiger partial charge in [0, 0.05) is 36.9 Å². The third kappa shape index (κ3) is 6.95. The van der Waals surface area contributed by atoms with E-state index in [0.717, 1.165) is 17.8 Å². The van der Waals surface area contributed by atoms with E-state index in [0.29, 0.717) is 26.2 Å². The second-order valence-electron chi connectivity index (χ2n) is 7.20. The molecule has 10 heteroatoms. The Hall–Kier alpha value is -2.62. The quantitative estimate of drug-likeness (QED) is 0.700. The van der Waals surface area contributed by atoms with Crippen LogP contribution < -0.4 is 10.6 Å². The summed E-state index contributed by atoms with van der Waals surface area (Å²) in [6.07, 6.45) is -4.63. The first-order valence-corrected chi connectivity index (χ1v) is 10.0. The van der Waals surface area contributed by atoms with Crippen molar-refractivity contribution < 1.29 is 22.8 Å². The van der Waals surface area contributed by atoms with E-state index in [-0.39, 0.29) is 29.7 Å². The lowest BCUT2D eigenvalue weighted by Crippen LogP contribution is -2.50. The molecule has 2 aromatic carbocycles. The van der Waals surface area contributed by atoms with E-state index < -0.39 is 17.6 Å². The van der Waals surface area contributed by atoms with Gasteiger partial charge in [-0.25, -0.2) is 0 Å². The van der Waals surface area contributed by atoms with Crippen molar-refractivity contribution >= 4 is 34.8 Å². The van der Waals surface area contributed by atoms with E-state index in [1.54, 1.807) is 12.1 Å². The molecular formula is C21H22ClF3N4O2. The maximum Gasteiger partial charge on any atom is 0.418 e. The molecule has 0 aromatic heterocycles. The average Bonchev–Trinajstić information content (AvgIpc) is 2.71. The number of carbonyl (C=O) groups excluding carboxylic acids is 2. The predicted octanol–water partition coefficient (Wildman–Crippen LogP) is 3.55. The Balaban J connectivity index is 1.46. The van der Waals surface area contributed by atoms with Crippen LogP contribution in [-0.2, 0) is 15.8 Å². The van der Waals surface area contributed by atoms with Crippen LogP contribution in [0, 0.1) is 0 Å². The molecule has 166 valence electrons. The number of nitrogens with one attached hydrogen (secondary N) is 2. The number of carbonyl (C=O) groups is 2. The Bertz CT molecular complexity index is 917. The van der Waals surface area contributed by atoms with Gasteiger partial charge in [-0.1, -0.05) is 29.8 Å². The Kier molecular flexibility index (Phi) is 7.53. The van der Waals surface area contributed by atoms with Gasteiger partial charge in [0.1, 0.15) is 0 Å². The van der Waals surface area contributed by atoms with E-state index in [1.165, 1.54) is 6.07 Å². The zero-order valence-electron chi connectivity index (χ0n) is 16.6. The zero-order chi connectivity index (χ0) is 22.4. The second-order valence-corrected chi connectivity index (χ2v) is 7.64. The lowest BCUT2D eigenvalue weighted by atomic mass is 10.1. The number of nitrogens with zero attached hydrogens (tertiary/aromatic N) is 2. The molecule has 1 heterocycles. The van der Waals surface area contributed by atoms with E-state index in [2.05, 4.69) is 10.6 Å². The summed E-state index contributed by atoms with van der Waals surface area (Å²) in [5.41, 5.74) is -0.580. The van der Waals surface area contributed by atoms with Gasteiger partial charge in [-0.05, 0) is 30.3 Å². The van der Waals surface area contributed by atoms with Crippen molar-refractivity contribution in [3.8, 4) is 0 Å². The summed E-state index contributed by atoms with van der Waals surface area (Å²) in [5.74, 6) is -0.664. The molecule has 0 saturated carbocycles. The molecule has 2 amide bonds. The van der Waals surface area contributed by atoms with Gasteiger partial charge >= 0.3 is 6.18 Å². The summed E-state index contributed by atoms with van der Waals surface area (Å²) >= 11 is 5.66. The van der Waals surface area contributed by atoms with Crippen LogP contribution in [-0.4, -0.2) is 60.9 Å². The normalized spacial score (nSPS) is 15.5. The van der Waals surface area contributed by atoms with Gasteiger partial charge in [-0.15, -0.1) is 0 Å². The highest BCUT2D eigenvalue weighted by Crippen LogP contribution is 2.36. The maximum atomic E-state index is 13.2. The molecule has 31 heavy (non-hydrogen) atoms. The highest BCUT2D eigenvalue weighted by Gasteiger charge is 2.34. The van der Waals surface area contributed by atoms with Crippen LogP contribution in [0.4, 0.5) is 24.5 Å². The summed E-state index contributed by atoms with van der Waals surface area (Å²) in [7, 11) is 0. The highest BCUT2D eigenvalue weighted by atomic mass is 35.5. The van der Waals surface area contributed by atoms with E-state index in [4.69, 9.17) is 11.6 Å². The predicted molar refractivity (Wildman–Crippen MR) is 113 cm³/mol. The van der Waals surface area contributed by atoms with Crippen LogP contribution in [0.2, 0.25) is 5.02 Å². The number of anilines is 2. The number of amides is 2. The Morgan fingerprint density at radius 1 is 0.871 bits per heavy atom. The molecule has 2 aromatic rings. The number of hydrogen-bond donors (Lipinski definition) is 2. The van der Waals surface area contributed by atoms with Gasteiger partial charge in [0.05, 0.1) is 24.3 Å². The third-order valence-electron chi connectivity index (χ3n) is 4.82. The fourth-order valence-electron chi connectivity index (χ4n) is 3.28. The molecule has 0 spiro atoms.